The van der Waals surface area contributed by atoms with Gasteiger partial charge in [-0.2, -0.15) is 0 Å². The van der Waals surface area contributed by atoms with Gasteiger partial charge in [0.1, 0.15) is 11.5 Å². The van der Waals surface area contributed by atoms with Crippen LogP contribution in [0.5, 0.6) is 11.5 Å². The molecular formula is C23H32N2O3. The maximum absolute atomic E-state index is 9.70. The predicted molar refractivity (Wildman–Crippen MR) is 112 cm³/mol. The zero-order chi connectivity index (χ0) is 20.1. The van der Waals surface area contributed by atoms with Crippen molar-refractivity contribution in [3.05, 3.63) is 58.7 Å². The fraction of sp³-hybridized carbons (Fsp3) is 0.478. The number of hydrogen-bond acceptors (Lipinski definition) is 5. The van der Waals surface area contributed by atoms with E-state index < -0.39 is 0 Å². The number of phenolic OH excluding ortho intramolecular Hbond substituents is 1. The molecule has 2 aromatic carbocycles. The molecule has 28 heavy (non-hydrogen) atoms. The summed E-state index contributed by atoms with van der Waals surface area (Å²) in [5.74, 6) is 1.25. The standard InChI is InChI=1S/C23H32N2O3/c1-17-18(2)23(28-3)8-7-20(17)15-25-11-10-24(16-21(25)9-12-26)14-19-5-4-6-22(27)13-19/h4-8,13,21,26-27H,9-12,14-16H2,1-3H3/t21-/m1/s1. The van der Waals surface area contributed by atoms with E-state index >= 15 is 0 Å². The van der Waals surface area contributed by atoms with Gasteiger partial charge in [0.25, 0.3) is 0 Å². The first-order valence-electron chi connectivity index (χ1n) is 10.00. The summed E-state index contributed by atoms with van der Waals surface area (Å²) >= 11 is 0. The Morgan fingerprint density at radius 3 is 2.61 bits per heavy atom. The minimum atomic E-state index is 0.196. The number of aliphatic hydroxyl groups is 1. The van der Waals surface area contributed by atoms with Crippen LogP contribution in [0.4, 0.5) is 0 Å². The zero-order valence-electron chi connectivity index (χ0n) is 17.2. The van der Waals surface area contributed by atoms with Crippen LogP contribution in [0.25, 0.3) is 0 Å². The van der Waals surface area contributed by atoms with Gasteiger partial charge in [0, 0.05) is 45.4 Å². The van der Waals surface area contributed by atoms with Crippen LogP contribution in [0.2, 0.25) is 0 Å². The average molecular weight is 385 g/mol. The fourth-order valence-corrected chi connectivity index (χ4v) is 4.11. The summed E-state index contributed by atoms with van der Waals surface area (Å²) in [6, 6.07) is 12.0. The van der Waals surface area contributed by atoms with Crippen LogP contribution < -0.4 is 4.74 Å². The van der Waals surface area contributed by atoms with Crippen molar-refractivity contribution < 1.29 is 14.9 Å². The number of piperazine rings is 1. The average Bonchev–Trinajstić information content (AvgIpc) is 2.68. The molecule has 152 valence electrons. The Kier molecular flexibility index (Phi) is 6.94. The van der Waals surface area contributed by atoms with Crippen molar-refractivity contribution in [1.82, 2.24) is 9.80 Å². The quantitative estimate of drug-likeness (QED) is 0.768. The molecule has 1 heterocycles. The molecule has 5 heteroatoms. The molecule has 0 spiro atoms. The molecule has 5 nitrogen and oxygen atoms in total. The number of benzene rings is 2. The van der Waals surface area contributed by atoms with Crippen LogP contribution >= 0.6 is 0 Å². The number of phenols is 1. The highest BCUT2D eigenvalue weighted by Gasteiger charge is 2.27. The van der Waals surface area contributed by atoms with Gasteiger partial charge in [-0.1, -0.05) is 18.2 Å². The van der Waals surface area contributed by atoms with Gasteiger partial charge >= 0.3 is 0 Å². The molecule has 1 aliphatic rings. The number of aliphatic hydroxyl groups excluding tert-OH is 1. The lowest BCUT2D eigenvalue weighted by Gasteiger charge is -2.41. The van der Waals surface area contributed by atoms with Crippen molar-refractivity contribution in [2.45, 2.75) is 39.4 Å². The van der Waals surface area contributed by atoms with Crippen LogP contribution in [-0.2, 0) is 13.1 Å². The van der Waals surface area contributed by atoms with E-state index in [1.54, 1.807) is 13.2 Å². The number of aromatic hydroxyl groups is 1. The summed E-state index contributed by atoms with van der Waals surface area (Å²) in [4.78, 5) is 4.90. The molecule has 0 bridgehead atoms. The SMILES string of the molecule is COc1ccc(CN2CCN(Cc3cccc(O)c3)C[C@H]2CCO)c(C)c1C. The Morgan fingerprint density at radius 1 is 1.07 bits per heavy atom. The number of nitrogens with zero attached hydrogens (tertiary/aromatic N) is 2. The molecule has 0 amide bonds. The lowest BCUT2D eigenvalue weighted by atomic mass is 10.00. The summed E-state index contributed by atoms with van der Waals surface area (Å²) in [5.41, 5.74) is 4.92. The van der Waals surface area contributed by atoms with Crippen LogP contribution in [-0.4, -0.2) is 59.4 Å². The minimum Gasteiger partial charge on any atom is -0.508 e. The van der Waals surface area contributed by atoms with E-state index in [0.29, 0.717) is 11.8 Å². The monoisotopic (exact) mass is 384 g/mol. The third-order valence-electron chi connectivity index (χ3n) is 5.91. The second-order valence-corrected chi connectivity index (χ2v) is 7.72. The number of rotatable bonds is 7. The largest absolute Gasteiger partial charge is 0.508 e. The lowest BCUT2D eigenvalue weighted by molar-refractivity contribution is 0.0498. The first-order chi connectivity index (χ1) is 13.5. The van der Waals surface area contributed by atoms with Crippen molar-refractivity contribution in [3.8, 4) is 11.5 Å². The van der Waals surface area contributed by atoms with Crippen LogP contribution in [0.1, 0.15) is 28.7 Å². The maximum atomic E-state index is 9.70. The lowest BCUT2D eigenvalue weighted by Crippen LogP contribution is -2.52. The van der Waals surface area contributed by atoms with E-state index in [2.05, 4.69) is 41.8 Å². The first-order valence-corrected chi connectivity index (χ1v) is 10.00. The van der Waals surface area contributed by atoms with Gasteiger partial charge < -0.3 is 14.9 Å². The summed E-state index contributed by atoms with van der Waals surface area (Å²) < 4.78 is 5.44. The molecule has 0 radical (unpaired) electrons. The Labute approximate surface area is 168 Å². The molecule has 0 aromatic heterocycles. The van der Waals surface area contributed by atoms with Gasteiger partial charge in [-0.3, -0.25) is 9.80 Å². The molecule has 1 atom stereocenters. The Hall–Kier alpha value is -2.08. The Bertz CT molecular complexity index is 793. The van der Waals surface area contributed by atoms with E-state index in [0.717, 1.165) is 50.5 Å². The van der Waals surface area contributed by atoms with Crippen molar-refractivity contribution in [2.24, 2.45) is 0 Å². The third kappa shape index (κ3) is 4.85. The molecular weight excluding hydrogens is 352 g/mol. The minimum absolute atomic E-state index is 0.196. The molecule has 2 aromatic rings. The van der Waals surface area contributed by atoms with Crippen molar-refractivity contribution in [3.63, 3.8) is 0 Å². The molecule has 0 aliphatic carbocycles. The molecule has 2 N–H and O–H groups in total. The zero-order valence-corrected chi connectivity index (χ0v) is 17.2. The summed E-state index contributed by atoms with van der Waals surface area (Å²) in [6.07, 6.45) is 0.769. The van der Waals surface area contributed by atoms with E-state index in [1.165, 1.54) is 16.7 Å². The van der Waals surface area contributed by atoms with Gasteiger partial charge in [0.15, 0.2) is 0 Å². The van der Waals surface area contributed by atoms with Crippen LogP contribution in [0.3, 0.4) is 0 Å². The molecule has 0 saturated carbocycles. The Morgan fingerprint density at radius 2 is 1.89 bits per heavy atom. The number of hydrogen-bond donors (Lipinski definition) is 2. The second-order valence-electron chi connectivity index (χ2n) is 7.72. The van der Waals surface area contributed by atoms with Gasteiger partial charge in [0.2, 0.25) is 0 Å². The van der Waals surface area contributed by atoms with E-state index in [1.807, 2.05) is 12.1 Å². The van der Waals surface area contributed by atoms with Crippen molar-refractivity contribution >= 4 is 0 Å². The smallest absolute Gasteiger partial charge is 0.122 e. The molecule has 1 aliphatic heterocycles. The van der Waals surface area contributed by atoms with Crippen molar-refractivity contribution in [1.29, 1.82) is 0 Å². The normalized spacial score (nSPS) is 18.4. The van der Waals surface area contributed by atoms with E-state index in [9.17, 15) is 10.2 Å². The number of methoxy groups -OCH3 is 1. The van der Waals surface area contributed by atoms with Gasteiger partial charge in [-0.15, -0.1) is 0 Å². The summed E-state index contributed by atoms with van der Waals surface area (Å²) in [6.45, 7) is 9.04. The third-order valence-corrected chi connectivity index (χ3v) is 5.91. The molecule has 3 rings (SSSR count). The number of ether oxygens (including phenoxy) is 1. The molecule has 1 fully saturated rings. The van der Waals surface area contributed by atoms with Crippen LogP contribution in [0, 0.1) is 13.8 Å². The highest BCUT2D eigenvalue weighted by molar-refractivity contribution is 5.43. The van der Waals surface area contributed by atoms with Gasteiger partial charge in [-0.25, -0.2) is 0 Å². The fourth-order valence-electron chi connectivity index (χ4n) is 4.11. The highest BCUT2D eigenvalue weighted by Crippen LogP contribution is 2.26. The second kappa shape index (κ2) is 9.41. The van der Waals surface area contributed by atoms with E-state index in [-0.39, 0.29) is 6.61 Å². The first kappa shape index (κ1) is 20.6. The van der Waals surface area contributed by atoms with E-state index in [4.69, 9.17) is 4.74 Å². The van der Waals surface area contributed by atoms with Crippen LogP contribution in [0.15, 0.2) is 36.4 Å². The summed E-state index contributed by atoms with van der Waals surface area (Å²) in [7, 11) is 1.71. The van der Waals surface area contributed by atoms with Crippen molar-refractivity contribution in [2.75, 3.05) is 33.4 Å². The molecule has 1 saturated heterocycles. The van der Waals surface area contributed by atoms with Gasteiger partial charge in [-0.05, 0) is 60.7 Å². The Balaban J connectivity index is 1.69. The maximum Gasteiger partial charge on any atom is 0.122 e. The molecule has 0 unspecified atom stereocenters. The highest BCUT2D eigenvalue weighted by atomic mass is 16.5. The van der Waals surface area contributed by atoms with Gasteiger partial charge in [0.05, 0.1) is 7.11 Å². The summed E-state index contributed by atoms with van der Waals surface area (Å²) in [5, 5.41) is 19.3. The predicted octanol–water partition coefficient (Wildman–Crippen LogP) is 3.09. The topological polar surface area (TPSA) is 56.2 Å².